The van der Waals surface area contributed by atoms with E-state index in [2.05, 4.69) is 9.47 Å². The van der Waals surface area contributed by atoms with Gasteiger partial charge in [0.15, 0.2) is 0 Å². The minimum atomic E-state index is -3.65. The molecule has 18 heavy (non-hydrogen) atoms. The van der Waals surface area contributed by atoms with E-state index in [0.29, 0.717) is 6.26 Å². The van der Waals surface area contributed by atoms with Gasteiger partial charge in [-0.25, -0.2) is 22.4 Å². The molecule has 0 saturated heterocycles. The highest BCUT2D eigenvalue weighted by Gasteiger charge is 2.32. The molecule has 104 valence electrons. The van der Waals surface area contributed by atoms with E-state index in [0.717, 1.165) is 0 Å². The summed E-state index contributed by atoms with van der Waals surface area (Å²) < 4.78 is 67.8. The fourth-order valence-electron chi connectivity index (χ4n) is 0.708. The minimum Gasteiger partial charge on any atom is -0.500 e. The molecule has 0 amide bonds. The Kier molecular flexibility index (Phi) is 6.91. The van der Waals surface area contributed by atoms with Crippen molar-refractivity contribution in [3.05, 3.63) is 11.8 Å². The van der Waals surface area contributed by atoms with Crippen LogP contribution in [0.2, 0.25) is 0 Å². The number of rotatable bonds is 7. The number of ether oxygens (including phenoxy) is 2. The first kappa shape index (κ1) is 16.3. The molecule has 0 aliphatic heterocycles. The second-order valence-electron chi connectivity index (χ2n) is 2.74. The average molecular weight is 276 g/mol. The van der Waals surface area contributed by atoms with Crippen molar-refractivity contribution in [3.63, 3.8) is 0 Å². The molecule has 0 aromatic heterocycles. The van der Waals surface area contributed by atoms with Crippen LogP contribution in [0, 0.1) is 0 Å². The van der Waals surface area contributed by atoms with Crippen LogP contribution in [-0.2, 0) is 19.1 Å². The van der Waals surface area contributed by atoms with Gasteiger partial charge in [-0.05, 0) is 6.92 Å². The van der Waals surface area contributed by atoms with Crippen LogP contribution in [0.1, 0.15) is 6.92 Å². The number of carbonyl (C=O) groups is 2. The van der Waals surface area contributed by atoms with Gasteiger partial charge in [0.1, 0.15) is 11.8 Å². The van der Waals surface area contributed by atoms with Crippen LogP contribution in [0.5, 0.6) is 0 Å². The molecule has 0 radical (unpaired) electrons. The number of esters is 1. The zero-order chi connectivity index (χ0) is 14.3. The standard InChI is InChI=1S/C9H9F5O4/c1-2-17-3-4(5(15)6(10)11)9(16)18-8(14)7(12)13/h3,6-8H,2H2,1H3. The predicted molar refractivity (Wildman–Crippen MR) is 47.7 cm³/mol. The Morgan fingerprint density at radius 2 is 1.72 bits per heavy atom. The monoisotopic (exact) mass is 276 g/mol. The second-order valence-corrected chi connectivity index (χ2v) is 2.74. The van der Waals surface area contributed by atoms with Crippen molar-refractivity contribution >= 4 is 11.8 Å². The van der Waals surface area contributed by atoms with E-state index in [1.165, 1.54) is 6.92 Å². The highest BCUT2D eigenvalue weighted by atomic mass is 19.3. The molecule has 0 saturated carbocycles. The Hall–Kier alpha value is -1.67. The van der Waals surface area contributed by atoms with Gasteiger partial charge in [-0.1, -0.05) is 0 Å². The number of carbonyl (C=O) groups excluding carboxylic acids is 2. The lowest BCUT2D eigenvalue weighted by molar-refractivity contribution is -0.170. The number of Topliss-reactive ketones (excluding diaryl/α,β-unsaturated/α-hetero) is 1. The van der Waals surface area contributed by atoms with Crippen molar-refractivity contribution in [2.24, 2.45) is 0 Å². The van der Waals surface area contributed by atoms with Crippen molar-refractivity contribution in [1.29, 1.82) is 0 Å². The summed E-state index contributed by atoms with van der Waals surface area (Å²) in [6.45, 7) is 1.32. The summed E-state index contributed by atoms with van der Waals surface area (Å²) >= 11 is 0. The average Bonchev–Trinajstić information content (AvgIpc) is 2.28. The van der Waals surface area contributed by atoms with E-state index >= 15 is 0 Å². The first-order valence-corrected chi connectivity index (χ1v) is 4.58. The lowest BCUT2D eigenvalue weighted by Gasteiger charge is -2.10. The summed E-state index contributed by atoms with van der Waals surface area (Å²) in [5, 5.41) is 0. The molecule has 0 aromatic carbocycles. The summed E-state index contributed by atoms with van der Waals surface area (Å²) in [7, 11) is 0. The van der Waals surface area contributed by atoms with Gasteiger partial charge in [0.2, 0.25) is 5.78 Å². The Balaban J connectivity index is 4.87. The summed E-state index contributed by atoms with van der Waals surface area (Å²) in [4.78, 5) is 21.8. The lowest BCUT2D eigenvalue weighted by atomic mass is 10.2. The molecule has 0 heterocycles. The van der Waals surface area contributed by atoms with Crippen LogP contribution in [-0.4, -0.2) is 37.6 Å². The zero-order valence-electron chi connectivity index (χ0n) is 9.04. The second kappa shape index (κ2) is 7.62. The van der Waals surface area contributed by atoms with Gasteiger partial charge >= 0.3 is 25.2 Å². The molecule has 1 unspecified atom stereocenters. The molecular formula is C9H9F5O4. The van der Waals surface area contributed by atoms with Gasteiger partial charge in [0.25, 0.3) is 0 Å². The molecule has 0 aliphatic rings. The molecule has 9 heteroatoms. The fourth-order valence-corrected chi connectivity index (χ4v) is 0.708. The van der Waals surface area contributed by atoms with E-state index in [-0.39, 0.29) is 6.61 Å². The number of hydrogen-bond acceptors (Lipinski definition) is 4. The van der Waals surface area contributed by atoms with Crippen molar-refractivity contribution < 1.29 is 41.0 Å². The van der Waals surface area contributed by atoms with Gasteiger partial charge in [0.05, 0.1) is 6.61 Å². The third kappa shape index (κ3) is 5.11. The normalized spacial score (nSPS) is 13.7. The molecule has 0 N–H and O–H groups in total. The molecule has 0 spiro atoms. The highest BCUT2D eigenvalue weighted by Crippen LogP contribution is 2.13. The fraction of sp³-hybridized carbons (Fsp3) is 0.556. The van der Waals surface area contributed by atoms with Crippen LogP contribution in [0.3, 0.4) is 0 Å². The molecule has 1 atom stereocenters. The first-order valence-electron chi connectivity index (χ1n) is 4.58. The van der Waals surface area contributed by atoms with Crippen molar-refractivity contribution in [1.82, 2.24) is 0 Å². The number of hydrogen-bond donors (Lipinski definition) is 0. The van der Waals surface area contributed by atoms with Gasteiger partial charge in [0, 0.05) is 0 Å². The third-order valence-corrected chi connectivity index (χ3v) is 1.47. The molecule has 0 fully saturated rings. The molecule has 0 rings (SSSR count). The SMILES string of the molecule is CCOC=C(C(=O)OC(F)C(F)F)C(=O)C(F)F. The summed E-state index contributed by atoms with van der Waals surface area (Å²) in [6.07, 6.45) is -10.2. The Bertz CT molecular complexity index is 329. The summed E-state index contributed by atoms with van der Waals surface area (Å²) in [5.74, 6) is -3.95. The van der Waals surface area contributed by atoms with Gasteiger partial charge < -0.3 is 9.47 Å². The summed E-state index contributed by atoms with van der Waals surface area (Å²) in [6, 6.07) is 0. The van der Waals surface area contributed by atoms with Crippen molar-refractivity contribution in [3.8, 4) is 0 Å². The maximum atomic E-state index is 12.4. The summed E-state index contributed by atoms with van der Waals surface area (Å²) in [5.41, 5.74) is -1.34. The van der Waals surface area contributed by atoms with Gasteiger partial charge in [-0.3, -0.25) is 4.79 Å². The smallest absolute Gasteiger partial charge is 0.347 e. The molecule has 0 aromatic rings. The van der Waals surface area contributed by atoms with E-state index in [1.54, 1.807) is 0 Å². The Labute approximate surface area is 98.3 Å². The van der Waals surface area contributed by atoms with Crippen molar-refractivity contribution in [2.45, 2.75) is 26.1 Å². The van der Waals surface area contributed by atoms with E-state index in [1.807, 2.05) is 0 Å². The largest absolute Gasteiger partial charge is 0.500 e. The molecular weight excluding hydrogens is 267 g/mol. The van der Waals surface area contributed by atoms with Gasteiger partial charge in [-0.2, -0.15) is 4.39 Å². The molecule has 0 bridgehead atoms. The number of ketones is 1. The van der Waals surface area contributed by atoms with E-state index in [9.17, 15) is 31.5 Å². The van der Waals surface area contributed by atoms with E-state index in [4.69, 9.17) is 0 Å². The molecule has 4 nitrogen and oxygen atoms in total. The highest BCUT2D eigenvalue weighted by molar-refractivity contribution is 6.18. The minimum absolute atomic E-state index is 0.0821. The lowest BCUT2D eigenvalue weighted by Crippen LogP contribution is -2.27. The Morgan fingerprint density at radius 1 is 1.17 bits per heavy atom. The third-order valence-electron chi connectivity index (χ3n) is 1.47. The quantitative estimate of drug-likeness (QED) is 0.178. The van der Waals surface area contributed by atoms with E-state index < -0.39 is 36.5 Å². The van der Waals surface area contributed by atoms with Gasteiger partial charge in [-0.15, -0.1) is 0 Å². The predicted octanol–water partition coefficient (Wildman–Crippen LogP) is 1.84. The number of alkyl halides is 5. The number of halogens is 5. The molecule has 0 aliphatic carbocycles. The van der Waals surface area contributed by atoms with Crippen LogP contribution in [0.15, 0.2) is 11.8 Å². The van der Waals surface area contributed by atoms with Crippen LogP contribution < -0.4 is 0 Å². The zero-order valence-corrected chi connectivity index (χ0v) is 9.04. The maximum absolute atomic E-state index is 12.4. The maximum Gasteiger partial charge on any atom is 0.347 e. The van der Waals surface area contributed by atoms with Crippen molar-refractivity contribution in [2.75, 3.05) is 6.61 Å². The van der Waals surface area contributed by atoms with Crippen LogP contribution in [0.4, 0.5) is 22.0 Å². The van der Waals surface area contributed by atoms with Crippen LogP contribution in [0.25, 0.3) is 0 Å². The topological polar surface area (TPSA) is 52.6 Å². The first-order chi connectivity index (χ1) is 8.31. The Morgan fingerprint density at radius 3 is 2.11 bits per heavy atom. The van der Waals surface area contributed by atoms with Crippen LogP contribution >= 0.6 is 0 Å².